The smallest absolute Gasteiger partial charge is 0.265 e. The minimum atomic E-state index is -3.87. The van der Waals surface area contributed by atoms with Crippen LogP contribution >= 0.6 is 0 Å². The van der Waals surface area contributed by atoms with Gasteiger partial charge in [-0.3, -0.25) is 4.72 Å². The monoisotopic (exact) mass is 440 g/mol. The Bertz CT molecular complexity index is 1140. The van der Waals surface area contributed by atoms with Gasteiger partial charge >= 0.3 is 0 Å². The molecule has 0 bridgehead atoms. The highest BCUT2D eigenvalue weighted by Gasteiger charge is 2.21. The lowest BCUT2D eigenvalue weighted by atomic mass is 10.1. The van der Waals surface area contributed by atoms with Crippen LogP contribution in [0.25, 0.3) is 11.3 Å². The fraction of sp³-hybridized carbons (Fsp3) is 0.273. The quantitative estimate of drug-likeness (QED) is 0.600. The Kier molecular flexibility index (Phi) is 5.94. The van der Waals surface area contributed by atoms with Crippen molar-refractivity contribution in [3.63, 3.8) is 0 Å². The molecule has 2 aromatic carbocycles. The first-order valence-electron chi connectivity index (χ1n) is 9.94. The second kappa shape index (κ2) is 8.81. The summed E-state index contributed by atoms with van der Waals surface area (Å²) in [5, 5.41) is 8.66. The maximum Gasteiger partial charge on any atom is 0.265 e. The molecule has 0 amide bonds. The normalized spacial score (nSPS) is 13.8. The van der Waals surface area contributed by atoms with E-state index in [0.717, 1.165) is 30.2 Å². The van der Waals surface area contributed by atoms with Gasteiger partial charge < -0.3 is 14.4 Å². The van der Waals surface area contributed by atoms with E-state index in [4.69, 9.17) is 9.47 Å². The molecule has 0 aliphatic carbocycles. The van der Waals surface area contributed by atoms with Crippen molar-refractivity contribution in [3.8, 4) is 22.8 Å². The maximum atomic E-state index is 12.9. The van der Waals surface area contributed by atoms with Gasteiger partial charge in [0, 0.05) is 30.4 Å². The lowest BCUT2D eigenvalue weighted by Crippen LogP contribution is -2.19. The third-order valence-electron chi connectivity index (χ3n) is 5.17. The van der Waals surface area contributed by atoms with Crippen LogP contribution in [0.15, 0.2) is 59.5 Å². The molecule has 2 heterocycles. The van der Waals surface area contributed by atoms with Gasteiger partial charge in [-0.25, -0.2) is 8.42 Å². The number of anilines is 2. The average Bonchev–Trinajstić information content (AvgIpc) is 3.34. The van der Waals surface area contributed by atoms with Crippen LogP contribution in [0, 0.1) is 0 Å². The second-order valence-corrected chi connectivity index (χ2v) is 8.82. The van der Waals surface area contributed by atoms with Gasteiger partial charge in [0.25, 0.3) is 10.0 Å². The number of aromatic nitrogens is 2. The molecule has 1 aromatic heterocycles. The summed E-state index contributed by atoms with van der Waals surface area (Å²) in [7, 11) is -0.970. The first kappa shape index (κ1) is 20.9. The molecule has 0 saturated carbocycles. The van der Waals surface area contributed by atoms with Crippen LogP contribution in [0.3, 0.4) is 0 Å². The van der Waals surface area contributed by atoms with Gasteiger partial charge in [0.15, 0.2) is 5.82 Å². The van der Waals surface area contributed by atoms with E-state index >= 15 is 0 Å². The summed E-state index contributed by atoms with van der Waals surface area (Å²) in [5.41, 5.74) is 2.00. The van der Waals surface area contributed by atoms with Crippen LogP contribution in [-0.2, 0) is 10.0 Å². The number of benzene rings is 2. The molecule has 0 unspecified atom stereocenters. The van der Waals surface area contributed by atoms with E-state index in [9.17, 15) is 8.42 Å². The summed E-state index contributed by atoms with van der Waals surface area (Å²) in [6.45, 7) is 2.03. The summed E-state index contributed by atoms with van der Waals surface area (Å²) in [6.07, 6.45) is 2.37. The van der Waals surface area contributed by atoms with Gasteiger partial charge in [-0.15, -0.1) is 10.2 Å². The number of methoxy groups -OCH3 is 2. The third-order valence-corrected chi connectivity index (χ3v) is 6.58. The molecule has 9 heteroatoms. The topological polar surface area (TPSA) is 93.6 Å². The number of nitrogens with one attached hydrogen (secondary N) is 1. The van der Waals surface area contributed by atoms with Crippen LogP contribution in [-0.4, -0.2) is 45.9 Å². The fourth-order valence-corrected chi connectivity index (χ4v) is 4.75. The van der Waals surface area contributed by atoms with Crippen molar-refractivity contribution in [1.29, 1.82) is 0 Å². The van der Waals surface area contributed by atoms with Crippen molar-refractivity contribution >= 4 is 21.5 Å². The minimum Gasteiger partial charge on any atom is -0.497 e. The van der Waals surface area contributed by atoms with E-state index in [-0.39, 0.29) is 10.6 Å². The molecule has 0 spiro atoms. The van der Waals surface area contributed by atoms with Crippen LogP contribution in [0.5, 0.6) is 11.5 Å². The number of nitrogens with zero attached hydrogens (tertiary/aromatic N) is 3. The predicted molar refractivity (Wildman–Crippen MR) is 119 cm³/mol. The summed E-state index contributed by atoms with van der Waals surface area (Å²) >= 11 is 0. The zero-order valence-corrected chi connectivity index (χ0v) is 18.2. The largest absolute Gasteiger partial charge is 0.497 e. The van der Waals surface area contributed by atoms with Gasteiger partial charge in [-0.1, -0.05) is 12.1 Å². The molecule has 0 radical (unpaired) electrons. The Morgan fingerprint density at radius 1 is 0.903 bits per heavy atom. The molecule has 162 valence electrons. The highest BCUT2D eigenvalue weighted by atomic mass is 32.2. The number of hydrogen-bond acceptors (Lipinski definition) is 7. The van der Waals surface area contributed by atoms with Crippen molar-refractivity contribution in [2.24, 2.45) is 0 Å². The van der Waals surface area contributed by atoms with E-state index < -0.39 is 10.0 Å². The van der Waals surface area contributed by atoms with Crippen molar-refractivity contribution < 1.29 is 17.9 Å². The molecule has 4 rings (SSSR count). The maximum absolute atomic E-state index is 12.9. The number of sulfonamides is 1. The lowest BCUT2D eigenvalue weighted by molar-refractivity contribution is 0.392. The molecule has 3 aromatic rings. The molecule has 31 heavy (non-hydrogen) atoms. The molecule has 1 aliphatic heterocycles. The standard InChI is InChI=1S/C22H24N4O4S/c1-29-18-9-11-20(30-2)21(15-18)31(27,28)25-17-7-5-16(6-8-17)19-10-12-22(24-23-19)26-13-3-4-14-26/h5-12,15,25H,3-4,13-14H2,1-2H3. The van der Waals surface area contributed by atoms with Gasteiger partial charge in [-0.05, 0) is 49.2 Å². The third kappa shape index (κ3) is 4.56. The molecular weight excluding hydrogens is 416 g/mol. The first-order valence-corrected chi connectivity index (χ1v) is 11.4. The Hall–Kier alpha value is -3.33. The molecule has 1 aliphatic rings. The SMILES string of the molecule is COc1ccc(OC)c(S(=O)(=O)Nc2ccc(-c3ccc(N4CCCC4)nn3)cc2)c1. The van der Waals surface area contributed by atoms with E-state index in [1.807, 2.05) is 12.1 Å². The molecule has 0 atom stereocenters. The highest BCUT2D eigenvalue weighted by Crippen LogP contribution is 2.30. The van der Waals surface area contributed by atoms with Gasteiger partial charge in [0.05, 0.1) is 19.9 Å². The molecule has 8 nitrogen and oxygen atoms in total. The predicted octanol–water partition coefficient (Wildman–Crippen LogP) is 3.56. The number of hydrogen-bond donors (Lipinski definition) is 1. The fourth-order valence-electron chi connectivity index (χ4n) is 3.51. The van der Waals surface area contributed by atoms with Crippen LogP contribution < -0.4 is 19.1 Å². The second-order valence-electron chi connectivity index (χ2n) is 7.17. The van der Waals surface area contributed by atoms with E-state index in [0.29, 0.717) is 11.4 Å². The zero-order valence-electron chi connectivity index (χ0n) is 17.4. The van der Waals surface area contributed by atoms with Crippen molar-refractivity contribution in [2.75, 3.05) is 36.9 Å². The summed E-state index contributed by atoms with van der Waals surface area (Å²) in [6, 6.07) is 15.5. The Balaban J connectivity index is 1.52. The van der Waals surface area contributed by atoms with Crippen LogP contribution in [0.2, 0.25) is 0 Å². The van der Waals surface area contributed by atoms with Gasteiger partial charge in [0.1, 0.15) is 16.4 Å². The number of rotatable bonds is 7. The summed E-state index contributed by atoms with van der Waals surface area (Å²) in [4.78, 5) is 2.23. The minimum absolute atomic E-state index is 0.00166. The molecule has 1 saturated heterocycles. The van der Waals surface area contributed by atoms with E-state index in [1.165, 1.54) is 33.1 Å². The van der Waals surface area contributed by atoms with Crippen molar-refractivity contribution in [3.05, 3.63) is 54.6 Å². The van der Waals surface area contributed by atoms with Gasteiger partial charge in [0.2, 0.25) is 0 Å². The summed E-state index contributed by atoms with van der Waals surface area (Å²) < 4.78 is 38.7. The first-order chi connectivity index (χ1) is 15.0. The Morgan fingerprint density at radius 3 is 2.26 bits per heavy atom. The van der Waals surface area contributed by atoms with Crippen molar-refractivity contribution in [1.82, 2.24) is 10.2 Å². The van der Waals surface area contributed by atoms with E-state index in [2.05, 4.69) is 19.8 Å². The molecule has 1 N–H and O–H groups in total. The molecule has 1 fully saturated rings. The summed E-state index contributed by atoms with van der Waals surface area (Å²) in [5.74, 6) is 1.55. The molecular formula is C22H24N4O4S. The van der Waals surface area contributed by atoms with Crippen LogP contribution in [0.4, 0.5) is 11.5 Å². The van der Waals surface area contributed by atoms with Crippen molar-refractivity contribution in [2.45, 2.75) is 17.7 Å². The highest BCUT2D eigenvalue weighted by molar-refractivity contribution is 7.92. The average molecular weight is 441 g/mol. The van der Waals surface area contributed by atoms with Gasteiger partial charge in [-0.2, -0.15) is 0 Å². The van der Waals surface area contributed by atoms with E-state index in [1.54, 1.807) is 36.4 Å². The Morgan fingerprint density at radius 2 is 1.65 bits per heavy atom. The lowest BCUT2D eigenvalue weighted by Gasteiger charge is -2.15. The zero-order chi connectivity index (χ0) is 21.8. The number of ether oxygens (including phenoxy) is 2. The Labute approximate surface area is 181 Å². The van der Waals surface area contributed by atoms with Crippen LogP contribution in [0.1, 0.15) is 12.8 Å².